The van der Waals surface area contributed by atoms with E-state index in [0.717, 1.165) is 5.56 Å². The first-order chi connectivity index (χ1) is 10.0. The van der Waals surface area contributed by atoms with E-state index >= 15 is 0 Å². The van der Waals surface area contributed by atoms with E-state index in [-0.39, 0.29) is 23.3 Å². The van der Waals surface area contributed by atoms with Crippen molar-refractivity contribution in [2.24, 2.45) is 0 Å². The molecule has 21 heavy (non-hydrogen) atoms. The van der Waals surface area contributed by atoms with Crippen LogP contribution in [-0.4, -0.2) is 15.2 Å². The van der Waals surface area contributed by atoms with E-state index in [1.807, 2.05) is 6.92 Å². The zero-order chi connectivity index (χ0) is 15.0. The summed E-state index contributed by atoms with van der Waals surface area (Å²) in [4.78, 5) is 4.19. The molecule has 1 aromatic heterocycles. The molecule has 0 saturated carbocycles. The first-order valence-electron chi connectivity index (χ1n) is 6.14. The molecule has 0 unspecified atom stereocenters. The molecule has 0 atom stereocenters. The number of benzene rings is 2. The SMILES string of the molecule is Cc1ccc(F)cc1-c1noc(-c2cc(Cl)ccc2O)n1. The Kier molecular flexibility index (Phi) is 3.35. The van der Waals surface area contributed by atoms with Crippen molar-refractivity contribution < 1.29 is 14.0 Å². The van der Waals surface area contributed by atoms with Crippen LogP contribution in [0.1, 0.15) is 5.56 Å². The molecule has 0 bridgehead atoms. The Bertz CT molecular complexity index is 751. The Labute approximate surface area is 124 Å². The number of phenols is 1. The van der Waals surface area contributed by atoms with Crippen LogP contribution in [0.2, 0.25) is 5.02 Å². The minimum absolute atomic E-state index is 0.0226. The summed E-state index contributed by atoms with van der Waals surface area (Å²) in [5.41, 5.74) is 1.68. The third-order valence-corrected chi connectivity index (χ3v) is 3.29. The summed E-state index contributed by atoms with van der Waals surface area (Å²) in [5, 5.41) is 14.1. The van der Waals surface area contributed by atoms with Gasteiger partial charge < -0.3 is 9.63 Å². The molecule has 0 saturated heterocycles. The van der Waals surface area contributed by atoms with Crippen LogP contribution >= 0.6 is 11.6 Å². The molecule has 3 rings (SSSR count). The second-order valence-electron chi connectivity index (χ2n) is 4.54. The third-order valence-electron chi connectivity index (χ3n) is 3.06. The zero-order valence-electron chi connectivity index (χ0n) is 11.0. The number of phenolic OH excluding ortho intramolecular Hbond substituents is 1. The molecular formula is C15H10ClFN2O2. The van der Waals surface area contributed by atoms with E-state index < -0.39 is 0 Å². The van der Waals surface area contributed by atoms with Crippen molar-refractivity contribution in [3.05, 3.63) is 52.8 Å². The topological polar surface area (TPSA) is 59.2 Å². The standard InChI is InChI=1S/C15H10ClFN2O2/c1-8-2-4-10(17)7-11(8)14-18-15(21-19-14)12-6-9(16)3-5-13(12)20/h2-7,20H,1H3. The summed E-state index contributed by atoms with van der Waals surface area (Å²) >= 11 is 5.89. The van der Waals surface area contributed by atoms with Gasteiger partial charge in [0.15, 0.2) is 0 Å². The lowest BCUT2D eigenvalue weighted by Crippen LogP contribution is -1.87. The predicted molar refractivity (Wildman–Crippen MR) is 76.5 cm³/mol. The van der Waals surface area contributed by atoms with Crippen LogP contribution in [0.3, 0.4) is 0 Å². The fourth-order valence-electron chi connectivity index (χ4n) is 1.96. The summed E-state index contributed by atoms with van der Waals surface area (Å²) in [6, 6.07) is 8.85. The monoisotopic (exact) mass is 304 g/mol. The molecule has 0 aliphatic heterocycles. The van der Waals surface area contributed by atoms with Crippen LogP contribution in [0, 0.1) is 12.7 Å². The van der Waals surface area contributed by atoms with Crippen molar-refractivity contribution in [1.29, 1.82) is 0 Å². The zero-order valence-corrected chi connectivity index (χ0v) is 11.7. The molecule has 0 spiro atoms. The molecule has 6 heteroatoms. The number of halogens is 2. The number of rotatable bonds is 2. The van der Waals surface area contributed by atoms with E-state index in [1.165, 1.54) is 24.3 Å². The van der Waals surface area contributed by atoms with Gasteiger partial charge in [-0.2, -0.15) is 4.98 Å². The van der Waals surface area contributed by atoms with Crippen LogP contribution in [0.25, 0.3) is 22.8 Å². The van der Waals surface area contributed by atoms with Crippen LogP contribution in [0.15, 0.2) is 40.9 Å². The van der Waals surface area contributed by atoms with Crippen LogP contribution < -0.4 is 0 Å². The number of nitrogens with zero attached hydrogens (tertiary/aromatic N) is 2. The Morgan fingerprint density at radius 1 is 1.14 bits per heavy atom. The highest BCUT2D eigenvalue weighted by molar-refractivity contribution is 6.30. The first kappa shape index (κ1) is 13.6. The molecule has 4 nitrogen and oxygen atoms in total. The Morgan fingerprint density at radius 3 is 2.76 bits per heavy atom. The van der Waals surface area contributed by atoms with Gasteiger partial charge in [-0.25, -0.2) is 4.39 Å². The molecule has 0 aliphatic carbocycles. The molecule has 3 aromatic rings. The van der Waals surface area contributed by atoms with Gasteiger partial charge in [0.1, 0.15) is 11.6 Å². The van der Waals surface area contributed by atoms with Gasteiger partial charge >= 0.3 is 0 Å². The van der Waals surface area contributed by atoms with Gasteiger partial charge in [0.2, 0.25) is 5.82 Å². The average molecular weight is 305 g/mol. The summed E-state index contributed by atoms with van der Waals surface area (Å²) in [5.74, 6) is -0.0341. The Morgan fingerprint density at radius 2 is 1.95 bits per heavy atom. The lowest BCUT2D eigenvalue weighted by atomic mass is 10.1. The van der Waals surface area contributed by atoms with Gasteiger partial charge in [0.25, 0.3) is 5.89 Å². The van der Waals surface area contributed by atoms with E-state index in [9.17, 15) is 9.50 Å². The molecule has 0 radical (unpaired) electrons. The number of aromatic nitrogens is 2. The molecule has 106 valence electrons. The number of hydrogen-bond acceptors (Lipinski definition) is 4. The molecular weight excluding hydrogens is 295 g/mol. The van der Waals surface area contributed by atoms with E-state index in [0.29, 0.717) is 16.1 Å². The number of hydrogen-bond donors (Lipinski definition) is 1. The highest BCUT2D eigenvalue weighted by Crippen LogP contribution is 2.32. The smallest absolute Gasteiger partial charge is 0.262 e. The van der Waals surface area contributed by atoms with Crippen LogP contribution in [0.5, 0.6) is 5.75 Å². The maximum Gasteiger partial charge on any atom is 0.262 e. The fraction of sp³-hybridized carbons (Fsp3) is 0.0667. The summed E-state index contributed by atoms with van der Waals surface area (Å²) in [7, 11) is 0. The second-order valence-corrected chi connectivity index (χ2v) is 4.98. The molecule has 1 N–H and O–H groups in total. The molecule has 1 heterocycles. The first-order valence-corrected chi connectivity index (χ1v) is 6.51. The van der Waals surface area contributed by atoms with Crippen molar-refractivity contribution >= 4 is 11.6 Å². The number of aromatic hydroxyl groups is 1. The second kappa shape index (κ2) is 5.18. The molecule has 2 aromatic carbocycles. The summed E-state index contributed by atoms with van der Waals surface area (Å²) < 4.78 is 18.5. The predicted octanol–water partition coefficient (Wildman–Crippen LogP) is 4.21. The largest absolute Gasteiger partial charge is 0.507 e. The van der Waals surface area contributed by atoms with E-state index in [2.05, 4.69) is 10.1 Å². The quantitative estimate of drug-likeness (QED) is 0.770. The van der Waals surface area contributed by atoms with Gasteiger partial charge in [-0.15, -0.1) is 0 Å². The van der Waals surface area contributed by atoms with E-state index in [1.54, 1.807) is 12.1 Å². The van der Waals surface area contributed by atoms with Gasteiger partial charge in [0.05, 0.1) is 5.56 Å². The van der Waals surface area contributed by atoms with Crippen molar-refractivity contribution in [3.8, 4) is 28.6 Å². The lowest BCUT2D eigenvalue weighted by Gasteiger charge is -2.00. The lowest BCUT2D eigenvalue weighted by molar-refractivity contribution is 0.425. The maximum atomic E-state index is 13.3. The van der Waals surface area contributed by atoms with Crippen molar-refractivity contribution in [2.75, 3.05) is 0 Å². The third kappa shape index (κ3) is 2.60. The number of aryl methyl sites for hydroxylation is 1. The van der Waals surface area contributed by atoms with Crippen LogP contribution in [0.4, 0.5) is 4.39 Å². The van der Waals surface area contributed by atoms with Crippen molar-refractivity contribution in [3.63, 3.8) is 0 Å². The van der Waals surface area contributed by atoms with Gasteiger partial charge in [-0.1, -0.05) is 22.8 Å². The van der Waals surface area contributed by atoms with Gasteiger partial charge in [-0.3, -0.25) is 0 Å². The molecule has 0 fully saturated rings. The minimum atomic E-state index is -0.382. The minimum Gasteiger partial charge on any atom is -0.507 e. The van der Waals surface area contributed by atoms with Crippen molar-refractivity contribution in [1.82, 2.24) is 10.1 Å². The average Bonchev–Trinajstić information content (AvgIpc) is 2.93. The normalized spacial score (nSPS) is 10.8. The summed E-state index contributed by atoms with van der Waals surface area (Å²) in [6.07, 6.45) is 0. The van der Waals surface area contributed by atoms with Gasteiger partial charge in [-0.05, 0) is 42.8 Å². The Balaban J connectivity index is 2.08. The van der Waals surface area contributed by atoms with Crippen molar-refractivity contribution in [2.45, 2.75) is 6.92 Å². The highest BCUT2D eigenvalue weighted by Gasteiger charge is 2.16. The van der Waals surface area contributed by atoms with Gasteiger partial charge in [0, 0.05) is 10.6 Å². The summed E-state index contributed by atoms with van der Waals surface area (Å²) in [6.45, 7) is 1.82. The van der Waals surface area contributed by atoms with E-state index in [4.69, 9.17) is 16.1 Å². The molecule has 0 amide bonds. The van der Waals surface area contributed by atoms with Crippen LogP contribution in [-0.2, 0) is 0 Å². The fourth-order valence-corrected chi connectivity index (χ4v) is 2.13. The Hall–Kier alpha value is -2.40. The molecule has 0 aliphatic rings. The highest BCUT2D eigenvalue weighted by atomic mass is 35.5. The maximum absolute atomic E-state index is 13.3.